The average Bonchev–Trinajstić information content (AvgIpc) is 2.35. The maximum atomic E-state index is 10.0. The van der Waals surface area contributed by atoms with Gasteiger partial charge in [-0.2, -0.15) is 0 Å². The van der Waals surface area contributed by atoms with Gasteiger partial charge in [0.2, 0.25) is 0 Å². The van der Waals surface area contributed by atoms with Crippen molar-refractivity contribution in [3.05, 3.63) is 28.8 Å². The highest BCUT2D eigenvalue weighted by Gasteiger charge is 2.16. The zero-order valence-electron chi connectivity index (χ0n) is 13.5. The summed E-state index contributed by atoms with van der Waals surface area (Å²) >= 11 is 6.02. The third-order valence-corrected chi connectivity index (χ3v) is 3.15. The van der Waals surface area contributed by atoms with Crippen LogP contribution in [0.15, 0.2) is 18.2 Å². The lowest BCUT2D eigenvalue weighted by atomic mass is 10.1. The first-order chi connectivity index (χ1) is 9.71. The highest BCUT2D eigenvalue weighted by molar-refractivity contribution is 6.30. The van der Waals surface area contributed by atoms with Crippen LogP contribution < -0.4 is 4.74 Å². The number of nitrogens with zero attached hydrogens (tertiary/aromatic N) is 1. The standard InChI is InChI=1S/C16H26ClNO3/c1-16(2,3)21-11-14(19)10-18(4)9-12-8-13(17)6-7-15(12)20-5/h6-8,14,19H,9-11H2,1-5H3. The molecule has 0 fully saturated rings. The Balaban J connectivity index is 2.53. The van der Waals surface area contributed by atoms with Crippen LogP contribution in [0.5, 0.6) is 5.75 Å². The number of aliphatic hydroxyl groups excluding tert-OH is 1. The van der Waals surface area contributed by atoms with Crippen molar-refractivity contribution in [1.29, 1.82) is 0 Å². The van der Waals surface area contributed by atoms with Crippen LogP contribution in [0.3, 0.4) is 0 Å². The summed E-state index contributed by atoms with van der Waals surface area (Å²) in [6.07, 6.45) is -0.528. The summed E-state index contributed by atoms with van der Waals surface area (Å²) in [6, 6.07) is 5.54. The molecule has 0 aromatic heterocycles. The zero-order valence-corrected chi connectivity index (χ0v) is 14.3. The van der Waals surface area contributed by atoms with Crippen LogP contribution in [0.1, 0.15) is 26.3 Å². The molecule has 120 valence electrons. The first-order valence-corrected chi connectivity index (χ1v) is 7.42. The minimum absolute atomic E-state index is 0.240. The van der Waals surface area contributed by atoms with Crippen molar-refractivity contribution >= 4 is 11.6 Å². The summed E-state index contributed by atoms with van der Waals surface area (Å²) in [5.41, 5.74) is 0.756. The van der Waals surface area contributed by atoms with Gasteiger partial charge in [-0.05, 0) is 46.0 Å². The summed E-state index contributed by atoms with van der Waals surface area (Å²) in [7, 11) is 3.58. The molecule has 0 heterocycles. The number of halogens is 1. The van der Waals surface area contributed by atoms with Gasteiger partial charge in [-0.25, -0.2) is 0 Å². The van der Waals surface area contributed by atoms with Gasteiger partial charge in [0.25, 0.3) is 0 Å². The van der Waals surface area contributed by atoms with E-state index >= 15 is 0 Å². The number of ether oxygens (including phenoxy) is 2. The van der Waals surface area contributed by atoms with Crippen LogP contribution in [0.2, 0.25) is 5.02 Å². The Bertz CT molecular complexity index is 446. The third kappa shape index (κ3) is 7.14. The molecule has 1 unspecified atom stereocenters. The van der Waals surface area contributed by atoms with Gasteiger partial charge in [0.15, 0.2) is 0 Å². The Morgan fingerprint density at radius 3 is 2.57 bits per heavy atom. The van der Waals surface area contributed by atoms with Gasteiger partial charge >= 0.3 is 0 Å². The molecule has 1 aromatic rings. The van der Waals surface area contributed by atoms with Crippen LogP contribution >= 0.6 is 11.6 Å². The van der Waals surface area contributed by atoms with Gasteiger partial charge in [0.05, 0.1) is 25.4 Å². The van der Waals surface area contributed by atoms with E-state index in [0.717, 1.165) is 11.3 Å². The number of hydrogen-bond donors (Lipinski definition) is 1. The molecule has 0 saturated heterocycles. The predicted molar refractivity (Wildman–Crippen MR) is 86.0 cm³/mol. The maximum absolute atomic E-state index is 10.0. The minimum Gasteiger partial charge on any atom is -0.496 e. The second-order valence-corrected chi connectivity index (χ2v) is 6.67. The molecular formula is C16H26ClNO3. The van der Waals surface area contributed by atoms with Crippen LogP contribution in [-0.2, 0) is 11.3 Å². The Morgan fingerprint density at radius 1 is 1.33 bits per heavy atom. The van der Waals surface area contributed by atoms with E-state index in [1.807, 2.05) is 44.9 Å². The molecular weight excluding hydrogens is 290 g/mol. The first-order valence-electron chi connectivity index (χ1n) is 7.04. The normalized spacial score (nSPS) is 13.5. The molecule has 1 atom stereocenters. The molecule has 0 aliphatic carbocycles. The van der Waals surface area contributed by atoms with Crippen molar-refractivity contribution in [3.63, 3.8) is 0 Å². The topological polar surface area (TPSA) is 41.9 Å². The quantitative estimate of drug-likeness (QED) is 0.840. The molecule has 0 amide bonds. The molecule has 0 bridgehead atoms. The van der Waals surface area contributed by atoms with E-state index in [9.17, 15) is 5.11 Å². The lowest BCUT2D eigenvalue weighted by molar-refractivity contribution is -0.0550. The van der Waals surface area contributed by atoms with Crippen molar-refractivity contribution < 1.29 is 14.6 Å². The Morgan fingerprint density at radius 2 is 2.00 bits per heavy atom. The second kappa shape index (κ2) is 7.99. The largest absolute Gasteiger partial charge is 0.496 e. The number of hydrogen-bond acceptors (Lipinski definition) is 4. The van der Waals surface area contributed by atoms with Crippen LogP contribution in [-0.4, -0.2) is 49.0 Å². The van der Waals surface area contributed by atoms with Gasteiger partial charge < -0.3 is 14.6 Å². The van der Waals surface area contributed by atoms with Crippen LogP contribution in [0.4, 0.5) is 0 Å². The minimum atomic E-state index is -0.528. The van der Waals surface area contributed by atoms with Gasteiger partial charge in [0, 0.05) is 23.7 Å². The van der Waals surface area contributed by atoms with Crippen molar-refractivity contribution in [1.82, 2.24) is 4.90 Å². The van der Waals surface area contributed by atoms with E-state index in [-0.39, 0.29) is 5.60 Å². The van der Waals surface area contributed by atoms with Crippen molar-refractivity contribution in [3.8, 4) is 5.75 Å². The van der Waals surface area contributed by atoms with Gasteiger partial charge in [0.1, 0.15) is 5.75 Å². The molecule has 1 N–H and O–H groups in total. The Hall–Kier alpha value is -0.810. The molecule has 0 spiro atoms. The van der Waals surface area contributed by atoms with Crippen LogP contribution in [0, 0.1) is 0 Å². The maximum Gasteiger partial charge on any atom is 0.123 e. The van der Waals surface area contributed by atoms with Crippen molar-refractivity contribution in [2.75, 3.05) is 27.3 Å². The highest BCUT2D eigenvalue weighted by Crippen LogP contribution is 2.23. The molecule has 1 rings (SSSR count). The lowest BCUT2D eigenvalue weighted by Gasteiger charge is -2.25. The van der Waals surface area contributed by atoms with E-state index in [0.29, 0.717) is 24.7 Å². The molecule has 1 aromatic carbocycles. The number of rotatable bonds is 7. The predicted octanol–water partition coefficient (Wildman–Crippen LogP) is 2.96. The second-order valence-electron chi connectivity index (χ2n) is 6.23. The number of aliphatic hydroxyl groups is 1. The molecule has 21 heavy (non-hydrogen) atoms. The Kier molecular flexibility index (Phi) is 6.94. The smallest absolute Gasteiger partial charge is 0.123 e. The summed E-state index contributed by atoms with van der Waals surface area (Å²) in [5.74, 6) is 0.798. The van der Waals surface area contributed by atoms with Crippen molar-refractivity contribution in [2.24, 2.45) is 0 Å². The number of likely N-dealkylation sites (N-methyl/N-ethyl adjacent to an activating group) is 1. The summed E-state index contributed by atoms with van der Waals surface area (Å²) in [6.45, 7) is 7.41. The van der Waals surface area contributed by atoms with E-state index in [4.69, 9.17) is 21.1 Å². The van der Waals surface area contributed by atoms with Gasteiger partial charge in [-0.3, -0.25) is 4.90 Å². The van der Waals surface area contributed by atoms with Crippen LogP contribution in [0.25, 0.3) is 0 Å². The Labute approximate surface area is 132 Å². The zero-order chi connectivity index (χ0) is 16.0. The molecule has 5 heteroatoms. The van der Waals surface area contributed by atoms with E-state index in [1.54, 1.807) is 13.2 Å². The van der Waals surface area contributed by atoms with Crippen molar-refractivity contribution in [2.45, 2.75) is 39.0 Å². The molecule has 4 nitrogen and oxygen atoms in total. The molecule has 0 aliphatic rings. The van der Waals surface area contributed by atoms with E-state index in [1.165, 1.54) is 0 Å². The average molecular weight is 316 g/mol. The van der Waals surface area contributed by atoms with E-state index in [2.05, 4.69) is 0 Å². The number of benzene rings is 1. The van der Waals surface area contributed by atoms with Gasteiger partial charge in [-0.15, -0.1) is 0 Å². The summed E-state index contributed by atoms with van der Waals surface area (Å²) in [4.78, 5) is 2.02. The monoisotopic (exact) mass is 315 g/mol. The third-order valence-electron chi connectivity index (χ3n) is 2.91. The number of methoxy groups -OCH3 is 1. The first kappa shape index (κ1) is 18.2. The molecule has 0 radical (unpaired) electrons. The SMILES string of the molecule is COc1ccc(Cl)cc1CN(C)CC(O)COC(C)(C)C. The lowest BCUT2D eigenvalue weighted by Crippen LogP contribution is -2.34. The van der Waals surface area contributed by atoms with Gasteiger partial charge in [-0.1, -0.05) is 11.6 Å². The van der Waals surface area contributed by atoms with E-state index < -0.39 is 6.10 Å². The fourth-order valence-electron chi connectivity index (χ4n) is 1.98. The summed E-state index contributed by atoms with van der Waals surface area (Å²) in [5, 5.41) is 10.7. The summed E-state index contributed by atoms with van der Waals surface area (Å²) < 4.78 is 10.9. The highest BCUT2D eigenvalue weighted by atomic mass is 35.5. The molecule has 0 aliphatic heterocycles. The fraction of sp³-hybridized carbons (Fsp3) is 0.625. The fourth-order valence-corrected chi connectivity index (χ4v) is 2.18. The molecule has 0 saturated carbocycles.